The highest BCUT2D eigenvalue weighted by molar-refractivity contribution is 6.02. The number of aromatic nitrogens is 4. The molecule has 6 heteroatoms. The van der Waals surface area contributed by atoms with E-state index >= 15 is 0 Å². The van der Waals surface area contributed by atoms with E-state index in [1.54, 1.807) is 6.20 Å². The molecular formula is C16H18N6. The van der Waals surface area contributed by atoms with E-state index in [2.05, 4.69) is 37.8 Å². The Balaban J connectivity index is 1.90. The molecule has 1 saturated heterocycles. The number of nitrogens with one attached hydrogen (secondary N) is 1. The van der Waals surface area contributed by atoms with Crippen LogP contribution in [0.2, 0.25) is 0 Å². The summed E-state index contributed by atoms with van der Waals surface area (Å²) in [6, 6.07) is 3.96. The van der Waals surface area contributed by atoms with Crippen molar-refractivity contribution < 1.29 is 0 Å². The molecule has 0 unspecified atom stereocenters. The summed E-state index contributed by atoms with van der Waals surface area (Å²) >= 11 is 0. The van der Waals surface area contributed by atoms with Gasteiger partial charge in [0.05, 0.1) is 11.1 Å². The van der Waals surface area contributed by atoms with Crippen LogP contribution in [0.5, 0.6) is 0 Å². The van der Waals surface area contributed by atoms with Gasteiger partial charge in [-0.2, -0.15) is 0 Å². The first kappa shape index (κ1) is 13.1. The maximum absolute atomic E-state index is 5.73. The van der Waals surface area contributed by atoms with Gasteiger partial charge in [0.1, 0.15) is 5.65 Å². The minimum atomic E-state index is 0.284. The van der Waals surface area contributed by atoms with E-state index < -0.39 is 0 Å². The fraction of sp³-hybridized carbons (Fsp3) is 0.312. The molecule has 0 aliphatic carbocycles. The van der Waals surface area contributed by atoms with Gasteiger partial charge in [0.25, 0.3) is 0 Å². The topological polar surface area (TPSA) is 83.7 Å². The van der Waals surface area contributed by atoms with Gasteiger partial charge in [0.2, 0.25) is 5.95 Å². The SMILES string of the molecule is C[C@@H]1CCN(c2ccnc3[nH]cc(-c4ccnc(N)n4)c23)C1. The maximum Gasteiger partial charge on any atom is 0.220 e. The second-order valence-electron chi connectivity index (χ2n) is 5.90. The Morgan fingerprint density at radius 2 is 2.14 bits per heavy atom. The van der Waals surface area contributed by atoms with E-state index in [0.29, 0.717) is 0 Å². The lowest BCUT2D eigenvalue weighted by Gasteiger charge is -2.19. The van der Waals surface area contributed by atoms with Gasteiger partial charge in [-0.25, -0.2) is 15.0 Å². The monoisotopic (exact) mass is 294 g/mol. The molecule has 0 aromatic carbocycles. The first-order valence-electron chi connectivity index (χ1n) is 7.52. The van der Waals surface area contributed by atoms with E-state index in [-0.39, 0.29) is 5.95 Å². The second kappa shape index (κ2) is 4.98. The van der Waals surface area contributed by atoms with Crippen LogP contribution in [0.15, 0.2) is 30.7 Å². The quantitative estimate of drug-likeness (QED) is 0.758. The molecule has 3 N–H and O–H groups in total. The van der Waals surface area contributed by atoms with Gasteiger partial charge >= 0.3 is 0 Å². The van der Waals surface area contributed by atoms with Crippen molar-refractivity contribution in [1.82, 2.24) is 19.9 Å². The maximum atomic E-state index is 5.73. The van der Waals surface area contributed by atoms with Crippen LogP contribution in [0.25, 0.3) is 22.3 Å². The Hall–Kier alpha value is -2.63. The van der Waals surface area contributed by atoms with Gasteiger partial charge in [0.15, 0.2) is 0 Å². The van der Waals surface area contributed by atoms with Gasteiger partial charge < -0.3 is 15.6 Å². The van der Waals surface area contributed by atoms with Crippen LogP contribution in [0.3, 0.4) is 0 Å². The summed E-state index contributed by atoms with van der Waals surface area (Å²) in [6.45, 7) is 4.45. The third-order valence-electron chi connectivity index (χ3n) is 4.27. The van der Waals surface area contributed by atoms with E-state index in [4.69, 9.17) is 5.73 Å². The molecule has 22 heavy (non-hydrogen) atoms. The molecule has 0 radical (unpaired) electrons. The lowest BCUT2D eigenvalue weighted by molar-refractivity contribution is 0.659. The van der Waals surface area contributed by atoms with Crippen LogP contribution in [-0.2, 0) is 0 Å². The summed E-state index contributed by atoms with van der Waals surface area (Å²) < 4.78 is 0. The molecule has 0 saturated carbocycles. The Morgan fingerprint density at radius 1 is 1.27 bits per heavy atom. The van der Waals surface area contributed by atoms with Gasteiger partial charge in [-0.1, -0.05) is 6.92 Å². The van der Waals surface area contributed by atoms with Crippen molar-refractivity contribution >= 4 is 22.7 Å². The summed E-state index contributed by atoms with van der Waals surface area (Å²) in [7, 11) is 0. The number of nitrogens with zero attached hydrogens (tertiary/aromatic N) is 4. The zero-order valence-corrected chi connectivity index (χ0v) is 12.5. The van der Waals surface area contributed by atoms with Gasteiger partial charge in [0, 0.05) is 42.9 Å². The molecule has 4 rings (SSSR count). The number of hydrogen-bond donors (Lipinski definition) is 2. The summed E-state index contributed by atoms with van der Waals surface area (Å²) in [5.41, 5.74) is 9.66. The Labute approximate surface area is 128 Å². The standard InChI is InChI=1S/C16H18N6/c1-10-4-7-22(9-10)13-3-6-18-15-14(13)11(8-20-15)12-2-5-19-16(17)21-12/h2-3,5-6,8,10H,4,7,9H2,1H3,(H,18,20)(H2,17,19,21)/t10-/m1/s1. The molecule has 0 bridgehead atoms. The number of nitrogens with two attached hydrogens (primary N) is 1. The molecule has 1 aliphatic heterocycles. The zero-order chi connectivity index (χ0) is 15.1. The number of H-pyrrole nitrogens is 1. The number of fused-ring (bicyclic) bond motifs is 1. The van der Waals surface area contributed by atoms with Crippen molar-refractivity contribution in [2.75, 3.05) is 23.7 Å². The Kier molecular flexibility index (Phi) is 2.96. The second-order valence-corrected chi connectivity index (χ2v) is 5.90. The van der Waals surface area contributed by atoms with E-state index in [0.717, 1.165) is 41.3 Å². The van der Waals surface area contributed by atoms with Crippen molar-refractivity contribution in [3.05, 3.63) is 30.7 Å². The highest BCUT2D eigenvalue weighted by Gasteiger charge is 2.23. The minimum Gasteiger partial charge on any atom is -0.371 e. The predicted octanol–water partition coefficient (Wildman–Crippen LogP) is 2.45. The largest absolute Gasteiger partial charge is 0.371 e. The molecular weight excluding hydrogens is 276 g/mol. The highest BCUT2D eigenvalue weighted by atomic mass is 15.2. The molecule has 112 valence electrons. The lowest BCUT2D eigenvalue weighted by Crippen LogP contribution is -2.19. The average molecular weight is 294 g/mol. The summed E-state index contributed by atoms with van der Waals surface area (Å²) in [6.07, 6.45) is 6.71. The lowest BCUT2D eigenvalue weighted by atomic mass is 10.1. The highest BCUT2D eigenvalue weighted by Crippen LogP contribution is 2.36. The Bertz CT molecular complexity index is 824. The third-order valence-corrected chi connectivity index (χ3v) is 4.27. The van der Waals surface area contributed by atoms with Crippen molar-refractivity contribution in [2.24, 2.45) is 5.92 Å². The minimum absolute atomic E-state index is 0.284. The van der Waals surface area contributed by atoms with Crippen LogP contribution < -0.4 is 10.6 Å². The number of rotatable bonds is 2. The molecule has 0 spiro atoms. The fourth-order valence-corrected chi connectivity index (χ4v) is 3.18. The van der Waals surface area contributed by atoms with E-state index in [1.165, 1.54) is 12.1 Å². The van der Waals surface area contributed by atoms with Gasteiger partial charge in [-0.3, -0.25) is 0 Å². The van der Waals surface area contributed by atoms with Gasteiger partial charge in [-0.05, 0) is 24.5 Å². The number of hydrogen-bond acceptors (Lipinski definition) is 5. The number of aromatic amines is 1. The van der Waals surface area contributed by atoms with Crippen LogP contribution in [0, 0.1) is 5.92 Å². The van der Waals surface area contributed by atoms with Crippen LogP contribution in [0.4, 0.5) is 11.6 Å². The van der Waals surface area contributed by atoms with Crippen LogP contribution in [0.1, 0.15) is 13.3 Å². The smallest absolute Gasteiger partial charge is 0.220 e. The van der Waals surface area contributed by atoms with Crippen molar-refractivity contribution in [1.29, 1.82) is 0 Å². The van der Waals surface area contributed by atoms with Crippen molar-refractivity contribution in [2.45, 2.75) is 13.3 Å². The zero-order valence-electron chi connectivity index (χ0n) is 12.5. The molecule has 3 aromatic rings. The fourth-order valence-electron chi connectivity index (χ4n) is 3.18. The average Bonchev–Trinajstić information content (AvgIpc) is 3.13. The summed E-state index contributed by atoms with van der Waals surface area (Å²) in [4.78, 5) is 18.4. The van der Waals surface area contributed by atoms with E-state index in [9.17, 15) is 0 Å². The van der Waals surface area contributed by atoms with Crippen LogP contribution in [-0.4, -0.2) is 33.0 Å². The molecule has 4 heterocycles. The molecule has 6 nitrogen and oxygen atoms in total. The van der Waals surface area contributed by atoms with Crippen LogP contribution >= 0.6 is 0 Å². The molecule has 1 fully saturated rings. The molecule has 3 aromatic heterocycles. The first-order chi connectivity index (χ1) is 10.7. The number of nitrogen functional groups attached to an aromatic ring is 1. The van der Waals surface area contributed by atoms with Crippen molar-refractivity contribution in [3.8, 4) is 11.3 Å². The molecule has 1 aliphatic rings. The Morgan fingerprint density at radius 3 is 2.91 bits per heavy atom. The number of pyridine rings is 1. The normalized spacial score (nSPS) is 18.2. The first-order valence-corrected chi connectivity index (χ1v) is 7.52. The molecule has 0 amide bonds. The molecule has 1 atom stereocenters. The predicted molar refractivity (Wildman–Crippen MR) is 87.5 cm³/mol. The van der Waals surface area contributed by atoms with Crippen molar-refractivity contribution in [3.63, 3.8) is 0 Å². The van der Waals surface area contributed by atoms with Gasteiger partial charge in [-0.15, -0.1) is 0 Å². The summed E-state index contributed by atoms with van der Waals surface area (Å²) in [5, 5.41) is 1.11. The van der Waals surface area contributed by atoms with E-state index in [1.807, 2.05) is 18.5 Å². The number of anilines is 2. The third kappa shape index (κ3) is 2.07. The summed E-state index contributed by atoms with van der Waals surface area (Å²) in [5.74, 6) is 1.01.